The van der Waals surface area contributed by atoms with Gasteiger partial charge in [0, 0.05) is 24.2 Å². The number of carbonyl (C=O) groups is 4. The Labute approximate surface area is 231 Å². The topological polar surface area (TPSA) is 122 Å². The number of hydrogen-bond donors (Lipinski definition) is 2. The molecule has 0 aliphatic carbocycles. The van der Waals surface area contributed by atoms with Crippen molar-refractivity contribution in [3.05, 3.63) is 35.4 Å². The third-order valence-electron chi connectivity index (χ3n) is 7.98. The highest BCUT2D eigenvalue weighted by atomic mass is 19.4. The predicted octanol–water partition coefficient (Wildman–Crippen LogP) is 3.85. The van der Waals surface area contributed by atoms with Gasteiger partial charge in [-0.15, -0.1) is 0 Å². The Hall–Kier alpha value is -3.31. The summed E-state index contributed by atoms with van der Waals surface area (Å²) >= 11 is 0. The Balaban J connectivity index is 1.57. The Kier molecular flexibility index (Phi) is 8.37. The summed E-state index contributed by atoms with van der Waals surface area (Å²) in [6.07, 6.45) is -1.17. The van der Waals surface area contributed by atoms with Crippen LogP contribution < -0.4 is 11.1 Å². The van der Waals surface area contributed by atoms with Crippen molar-refractivity contribution < 1.29 is 37.1 Å². The molecule has 3 heterocycles. The Morgan fingerprint density at radius 1 is 0.975 bits per heavy atom. The number of nitrogens with one attached hydrogen (secondary N) is 1. The summed E-state index contributed by atoms with van der Waals surface area (Å²) < 4.78 is 44.5. The first-order valence-electron chi connectivity index (χ1n) is 13.7. The van der Waals surface area contributed by atoms with Gasteiger partial charge in [0.2, 0.25) is 11.8 Å². The van der Waals surface area contributed by atoms with Gasteiger partial charge in [0.15, 0.2) is 0 Å². The van der Waals surface area contributed by atoms with Gasteiger partial charge in [-0.05, 0) is 95.9 Å². The van der Waals surface area contributed by atoms with E-state index in [2.05, 4.69) is 5.32 Å². The number of carbonyl (C=O) groups excluding carboxylic acids is 4. The average Bonchev–Trinajstić information content (AvgIpc) is 3.35. The van der Waals surface area contributed by atoms with Gasteiger partial charge in [0.25, 0.3) is 5.91 Å². The SMILES string of the molecule is CC(C)(C)OC(=O)NC(C(=O)N1CCC[C@H]1C(N)=O)C1CC2CCCC(C1)N2C(=O)c1ccc(C(F)(F)F)cc1. The van der Waals surface area contributed by atoms with E-state index in [1.807, 2.05) is 0 Å². The van der Waals surface area contributed by atoms with E-state index in [1.54, 1.807) is 25.7 Å². The van der Waals surface area contributed by atoms with Crippen LogP contribution in [0.1, 0.15) is 81.6 Å². The fraction of sp³-hybridized carbons (Fsp3) is 0.643. The first-order chi connectivity index (χ1) is 18.7. The van der Waals surface area contributed by atoms with Crippen LogP contribution in [0.3, 0.4) is 0 Å². The summed E-state index contributed by atoms with van der Waals surface area (Å²) in [7, 11) is 0. The van der Waals surface area contributed by atoms with Crippen LogP contribution in [-0.2, 0) is 20.5 Å². The number of benzene rings is 1. The summed E-state index contributed by atoms with van der Waals surface area (Å²) in [4.78, 5) is 55.3. The van der Waals surface area contributed by atoms with Gasteiger partial charge >= 0.3 is 12.3 Å². The zero-order valence-corrected chi connectivity index (χ0v) is 23.0. The highest BCUT2D eigenvalue weighted by molar-refractivity contribution is 5.95. The molecule has 3 fully saturated rings. The summed E-state index contributed by atoms with van der Waals surface area (Å²) in [5, 5.41) is 2.75. The van der Waals surface area contributed by atoms with Crippen molar-refractivity contribution in [2.75, 3.05) is 6.54 Å². The lowest BCUT2D eigenvalue weighted by molar-refractivity contribution is -0.141. The van der Waals surface area contributed by atoms with Crippen molar-refractivity contribution in [3.8, 4) is 0 Å². The third kappa shape index (κ3) is 6.52. The van der Waals surface area contributed by atoms with Crippen molar-refractivity contribution in [2.45, 2.75) is 102 Å². The summed E-state index contributed by atoms with van der Waals surface area (Å²) in [6.45, 7) is 5.48. The molecular weight excluding hydrogens is 529 g/mol. The first-order valence-corrected chi connectivity index (χ1v) is 13.7. The van der Waals surface area contributed by atoms with Crippen LogP contribution in [0.2, 0.25) is 0 Å². The molecule has 0 saturated carbocycles. The third-order valence-corrected chi connectivity index (χ3v) is 7.98. The molecule has 40 heavy (non-hydrogen) atoms. The molecule has 4 rings (SSSR count). The molecule has 2 bridgehead atoms. The van der Waals surface area contributed by atoms with E-state index in [0.29, 0.717) is 45.1 Å². The smallest absolute Gasteiger partial charge is 0.416 e. The number of ether oxygens (including phenoxy) is 1. The number of likely N-dealkylation sites (tertiary alicyclic amines) is 1. The van der Waals surface area contributed by atoms with Crippen LogP contribution >= 0.6 is 0 Å². The molecule has 3 N–H and O–H groups in total. The molecule has 0 spiro atoms. The standard InChI is InChI=1S/C28H37F3N4O5/c1-27(2,3)40-26(39)33-22(25(38)34-13-5-8-21(34)23(32)36)17-14-19-6-4-7-20(15-17)35(19)24(37)16-9-11-18(12-10-16)28(29,30)31/h9-12,17,19-22H,4-8,13-15H2,1-3H3,(H2,32,36)(H,33,39)/t17?,19?,20?,21-,22?/m0/s1. The lowest BCUT2D eigenvalue weighted by Gasteiger charge is -2.50. The molecule has 1 aromatic carbocycles. The number of amides is 4. The Bertz CT molecular complexity index is 1120. The number of piperidine rings is 2. The van der Waals surface area contributed by atoms with Crippen molar-refractivity contribution in [2.24, 2.45) is 11.7 Å². The molecule has 3 aliphatic rings. The minimum Gasteiger partial charge on any atom is -0.444 e. The second-order valence-electron chi connectivity index (χ2n) is 12.0. The molecule has 3 aliphatic heterocycles. The number of alkyl halides is 3. The lowest BCUT2D eigenvalue weighted by Crippen LogP contribution is -2.61. The average molecular weight is 567 g/mol. The summed E-state index contributed by atoms with van der Waals surface area (Å²) in [6, 6.07) is 1.95. The quantitative estimate of drug-likeness (QED) is 0.561. The van der Waals surface area contributed by atoms with Gasteiger partial charge in [-0.25, -0.2) is 4.79 Å². The maximum absolute atomic E-state index is 13.8. The van der Waals surface area contributed by atoms with E-state index in [-0.39, 0.29) is 29.5 Å². The molecule has 220 valence electrons. The lowest BCUT2D eigenvalue weighted by atomic mass is 9.74. The Morgan fingerprint density at radius 3 is 2.10 bits per heavy atom. The van der Waals surface area contributed by atoms with Gasteiger partial charge < -0.3 is 25.6 Å². The predicted molar refractivity (Wildman–Crippen MR) is 139 cm³/mol. The van der Waals surface area contributed by atoms with Crippen LogP contribution in [0.4, 0.5) is 18.0 Å². The number of nitrogens with zero attached hydrogens (tertiary/aromatic N) is 2. The normalized spacial score (nSPS) is 25.8. The van der Waals surface area contributed by atoms with Crippen LogP contribution in [0.5, 0.6) is 0 Å². The molecule has 4 amide bonds. The van der Waals surface area contributed by atoms with E-state index in [0.717, 1.165) is 18.6 Å². The van der Waals surface area contributed by atoms with Gasteiger partial charge in [-0.1, -0.05) is 0 Å². The molecular formula is C28H37F3N4O5. The van der Waals surface area contributed by atoms with Crippen molar-refractivity contribution in [3.63, 3.8) is 0 Å². The molecule has 0 aromatic heterocycles. The number of fused-ring (bicyclic) bond motifs is 2. The van der Waals surface area contributed by atoms with E-state index < -0.39 is 47.3 Å². The zero-order valence-electron chi connectivity index (χ0n) is 23.0. The van der Waals surface area contributed by atoms with Crippen LogP contribution in [0.25, 0.3) is 0 Å². The van der Waals surface area contributed by atoms with E-state index in [1.165, 1.54) is 17.0 Å². The number of primary amides is 1. The molecule has 9 nitrogen and oxygen atoms in total. The number of rotatable bonds is 5. The fourth-order valence-corrected chi connectivity index (χ4v) is 6.30. The first kappa shape index (κ1) is 29.7. The minimum atomic E-state index is -4.50. The number of nitrogens with two attached hydrogens (primary N) is 1. The van der Waals surface area contributed by atoms with Gasteiger partial charge in [-0.3, -0.25) is 14.4 Å². The van der Waals surface area contributed by atoms with Crippen LogP contribution in [-0.4, -0.2) is 69.9 Å². The molecule has 3 saturated heterocycles. The maximum atomic E-state index is 13.8. The van der Waals surface area contributed by atoms with Crippen LogP contribution in [0.15, 0.2) is 24.3 Å². The number of halogens is 3. The van der Waals surface area contributed by atoms with E-state index >= 15 is 0 Å². The Morgan fingerprint density at radius 2 is 1.57 bits per heavy atom. The summed E-state index contributed by atoms with van der Waals surface area (Å²) in [5.41, 5.74) is 4.10. The van der Waals surface area contributed by atoms with Gasteiger partial charge in [0.05, 0.1) is 5.56 Å². The highest BCUT2D eigenvalue weighted by Crippen LogP contribution is 2.40. The molecule has 12 heteroatoms. The molecule has 4 atom stereocenters. The summed E-state index contributed by atoms with van der Waals surface area (Å²) in [5.74, 6) is -1.70. The minimum absolute atomic E-state index is 0.171. The van der Waals surface area contributed by atoms with E-state index in [4.69, 9.17) is 10.5 Å². The van der Waals surface area contributed by atoms with Gasteiger partial charge in [0.1, 0.15) is 17.7 Å². The van der Waals surface area contributed by atoms with Gasteiger partial charge in [-0.2, -0.15) is 13.2 Å². The number of alkyl carbamates (subject to hydrolysis) is 1. The second kappa shape index (κ2) is 11.3. The fourth-order valence-electron chi connectivity index (χ4n) is 6.30. The maximum Gasteiger partial charge on any atom is 0.416 e. The van der Waals surface area contributed by atoms with Crippen LogP contribution in [0, 0.1) is 5.92 Å². The molecule has 3 unspecified atom stereocenters. The van der Waals surface area contributed by atoms with Crippen molar-refractivity contribution in [1.29, 1.82) is 0 Å². The monoisotopic (exact) mass is 566 g/mol. The molecule has 1 aromatic rings. The number of hydrogen-bond acceptors (Lipinski definition) is 5. The second-order valence-corrected chi connectivity index (χ2v) is 12.0. The zero-order chi connectivity index (χ0) is 29.4. The largest absolute Gasteiger partial charge is 0.444 e. The van der Waals surface area contributed by atoms with Crippen molar-refractivity contribution in [1.82, 2.24) is 15.1 Å². The molecule has 0 radical (unpaired) electrons. The van der Waals surface area contributed by atoms with E-state index in [9.17, 15) is 32.3 Å². The highest BCUT2D eigenvalue weighted by Gasteiger charge is 2.47. The van der Waals surface area contributed by atoms with Crippen molar-refractivity contribution >= 4 is 23.8 Å².